The van der Waals surface area contributed by atoms with Gasteiger partial charge in [-0.2, -0.15) is 0 Å². The van der Waals surface area contributed by atoms with Crippen LogP contribution in [0.15, 0.2) is 24.7 Å². The van der Waals surface area contributed by atoms with Crippen molar-refractivity contribution in [2.24, 2.45) is 0 Å². The van der Waals surface area contributed by atoms with E-state index in [1.54, 1.807) is 37.6 Å². The summed E-state index contributed by atoms with van der Waals surface area (Å²) in [6.45, 7) is 3.92. The second-order valence-electron chi connectivity index (χ2n) is 6.53. The highest BCUT2D eigenvalue weighted by Gasteiger charge is 2.25. The Kier molecular flexibility index (Phi) is 5.32. The van der Waals surface area contributed by atoms with E-state index >= 15 is 0 Å². The predicted octanol–water partition coefficient (Wildman–Crippen LogP) is 0.847. The van der Waals surface area contributed by atoms with E-state index in [0.29, 0.717) is 25.2 Å². The van der Waals surface area contributed by atoms with E-state index in [4.69, 9.17) is 4.74 Å². The normalized spacial score (nSPS) is 13.4. The molecule has 0 N–H and O–H groups in total. The van der Waals surface area contributed by atoms with Crippen LogP contribution in [0.4, 0.5) is 0 Å². The number of aromatic nitrogens is 3. The molecule has 0 saturated heterocycles. The number of ether oxygens (including phenoxy) is 1. The molecule has 0 aromatic carbocycles. The molecule has 26 heavy (non-hydrogen) atoms. The Hall–Kier alpha value is -2.74. The highest BCUT2D eigenvalue weighted by Crippen LogP contribution is 2.19. The van der Waals surface area contributed by atoms with Crippen LogP contribution in [0, 0.1) is 6.92 Å². The lowest BCUT2D eigenvalue weighted by molar-refractivity contribution is -0.134. The molecule has 2 aromatic heterocycles. The molecule has 8 heteroatoms. The number of amides is 2. The molecule has 2 amide bonds. The topological polar surface area (TPSA) is 80.6 Å². The zero-order valence-electron chi connectivity index (χ0n) is 15.3. The average molecular weight is 357 g/mol. The van der Waals surface area contributed by atoms with E-state index in [0.717, 1.165) is 17.1 Å². The Morgan fingerprint density at radius 3 is 2.73 bits per heavy atom. The monoisotopic (exact) mass is 357 g/mol. The van der Waals surface area contributed by atoms with Gasteiger partial charge in [0.25, 0.3) is 5.91 Å². The van der Waals surface area contributed by atoms with Crippen LogP contribution >= 0.6 is 0 Å². The zero-order chi connectivity index (χ0) is 18.7. The lowest BCUT2D eigenvalue weighted by atomic mass is 10.2. The fourth-order valence-electron chi connectivity index (χ4n) is 2.75. The van der Waals surface area contributed by atoms with Crippen molar-refractivity contribution in [2.75, 3.05) is 27.2 Å². The SMILES string of the molecule is Cc1ccc(C(=O)N2CCn3cnc(COCC(=O)N(C)C)c3C2)cn1. The number of hydrogen-bond acceptors (Lipinski definition) is 5. The summed E-state index contributed by atoms with van der Waals surface area (Å²) in [5.41, 5.74) is 3.17. The number of aryl methyl sites for hydroxylation is 1. The van der Waals surface area contributed by atoms with Gasteiger partial charge in [0.2, 0.25) is 5.91 Å². The molecule has 0 bridgehead atoms. The van der Waals surface area contributed by atoms with Gasteiger partial charge in [-0.1, -0.05) is 0 Å². The van der Waals surface area contributed by atoms with E-state index in [-0.39, 0.29) is 25.0 Å². The van der Waals surface area contributed by atoms with Crippen LogP contribution in [-0.2, 0) is 29.2 Å². The lowest BCUT2D eigenvalue weighted by Gasteiger charge is -2.28. The smallest absolute Gasteiger partial charge is 0.255 e. The Labute approximate surface area is 152 Å². The molecular weight excluding hydrogens is 334 g/mol. The molecule has 0 aliphatic carbocycles. The van der Waals surface area contributed by atoms with Gasteiger partial charge in [-0.15, -0.1) is 0 Å². The molecule has 3 rings (SSSR count). The Morgan fingerprint density at radius 2 is 2.04 bits per heavy atom. The van der Waals surface area contributed by atoms with E-state index in [1.165, 1.54) is 4.90 Å². The number of rotatable bonds is 5. The summed E-state index contributed by atoms with van der Waals surface area (Å²) in [5.74, 6) is -0.138. The van der Waals surface area contributed by atoms with E-state index in [9.17, 15) is 9.59 Å². The van der Waals surface area contributed by atoms with Crippen molar-refractivity contribution < 1.29 is 14.3 Å². The first-order valence-corrected chi connectivity index (χ1v) is 8.48. The molecule has 0 spiro atoms. The molecular formula is C18H23N5O3. The van der Waals surface area contributed by atoms with Gasteiger partial charge in [-0.25, -0.2) is 4.98 Å². The van der Waals surface area contributed by atoms with Crippen LogP contribution in [0.3, 0.4) is 0 Å². The first kappa shape index (κ1) is 18.1. The number of nitrogens with zero attached hydrogens (tertiary/aromatic N) is 5. The van der Waals surface area contributed by atoms with E-state index < -0.39 is 0 Å². The first-order chi connectivity index (χ1) is 12.5. The second kappa shape index (κ2) is 7.65. The standard InChI is InChI=1S/C18H23N5O3/c1-13-4-5-14(8-19-13)18(25)22-6-7-23-12-20-15(16(23)9-22)10-26-11-17(24)21(2)3/h4-5,8,12H,6-7,9-11H2,1-3H3. The minimum atomic E-state index is -0.0956. The third-order valence-electron chi connectivity index (χ3n) is 4.39. The van der Waals surface area contributed by atoms with Crippen molar-refractivity contribution in [3.8, 4) is 0 Å². The third kappa shape index (κ3) is 3.91. The third-order valence-corrected chi connectivity index (χ3v) is 4.39. The van der Waals surface area contributed by atoms with Gasteiger partial charge in [0.1, 0.15) is 6.61 Å². The lowest BCUT2D eigenvalue weighted by Crippen LogP contribution is -2.38. The number of imidazole rings is 1. The molecule has 0 atom stereocenters. The van der Waals surface area contributed by atoms with Gasteiger partial charge in [0, 0.05) is 39.1 Å². The molecule has 3 heterocycles. The Balaban J connectivity index is 1.66. The van der Waals surface area contributed by atoms with Crippen LogP contribution in [0.5, 0.6) is 0 Å². The largest absolute Gasteiger partial charge is 0.365 e. The van der Waals surface area contributed by atoms with E-state index in [2.05, 4.69) is 9.97 Å². The van der Waals surface area contributed by atoms with Crippen LogP contribution in [-0.4, -0.2) is 63.4 Å². The number of hydrogen-bond donors (Lipinski definition) is 0. The zero-order valence-corrected chi connectivity index (χ0v) is 15.3. The molecule has 1 aliphatic rings. The highest BCUT2D eigenvalue weighted by atomic mass is 16.5. The molecule has 138 valence electrons. The summed E-state index contributed by atoms with van der Waals surface area (Å²) in [5, 5.41) is 0. The summed E-state index contributed by atoms with van der Waals surface area (Å²) in [6.07, 6.45) is 3.37. The minimum absolute atomic E-state index is 0.0109. The minimum Gasteiger partial charge on any atom is -0.365 e. The van der Waals surface area contributed by atoms with Crippen LogP contribution in [0.25, 0.3) is 0 Å². The fraction of sp³-hybridized carbons (Fsp3) is 0.444. The van der Waals surface area contributed by atoms with Gasteiger partial charge in [0.15, 0.2) is 0 Å². The maximum atomic E-state index is 12.7. The fourth-order valence-corrected chi connectivity index (χ4v) is 2.75. The van der Waals surface area contributed by atoms with Crippen molar-refractivity contribution in [3.05, 3.63) is 47.3 Å². The molecule has 0 unspecified atom stereocenters. The summed E-state index contributed by atoms with van der Waals surface area (Å²) in [7, 11) is 3.38. The van der Waals surface area contributed by atoms with Crippen LogP contribution in [0.1, 0.15) is 27.4 Å². The first-order valence-electron chi connectivity index (χ1n) is 8.48. The van der Waals surface area contributed by atoms with Crippen LogP contribution in [0.2, 0.25) is 0 Å². The highest BCUT2D eigenvalue weighted by molar-refractivity contribution is 5.93. The second-order valence-corrected chi connectivity index (χ2v) is 6.53. The number of pyridine rings is 1. The predicted molar refractivity (Wildman–Crippen MR) is 94.3 cm³/mol. The molecule has 0 radical (unpaired) electrons. The number of likely N-dealkylation sites (N-methyl/N-ethyl adjacent to an activating group) is 1. The summed E-state index contributed by atoms with van der Waals surface area (Å²) in [6, 6.07) is 3.63. The summed E-state index contributed by atoms with van der Waals surface area (Å²) < 4.78 is 7.51. The maximum Gasteiger partial charge on any atom is 0.255 e. The Bertz CT molecular complexity index is 798. The van der Waals surface area contributed by atoms with Crippen molar-refractivity contribution >= 4 is 11.8 Å². The van der Waals surface area contributed by atoms with Crippen molar-refractivity contribution in [3.63, 3.8) is 0 Å². The number of carbonyl (C=O) groups excluding carboxylic acids is 2. The van der Waals surface area contributed by atoms with E-state index in [1.807, 2.05) is 17.6 Å². The molecule has 8 nitrogen and oxygen atoms in total. The quantitative estimate of drug-likeness (QED) is 0.792. The van der Waals surface area contributed by atoms with Gasteiger partial charge in [-0.05, 0) is 19.1 Å². The molecule has 0 fully saturated rings. The molecule has 0 saturated carbocycles. The van der Waals surface area contributed by atoms with Crippen LogP contribution < -0.4 is 0 Å². The van der Waals surface area contributed by atoms with Crippen molar-refractivity contribution in [2.45, 2.75) is 26.6 Å². The molecule has 1 aliphatic heterocycles. The van der Waals surface area contributed by atoms with Gasteiger partial charge in [-0.3, -0.25) is 14.6 Å². The number of fused-ring (bicyclic) bond motifs is 1. The van der Waals surface area contributed by atoms with Crippen molar-refractivity contribution in [1.82, 2.24) is 24.3 Å². The average Bonchev–Trinajstić information content (AvgIpc) is 3.04. The summed E-state index contributed by atoms with van der Waals surface area (Å²) in [4.78, 5) is 36.2. The van der Waals surface area contributed by atoms with Gasteiger partial charge >= 0.3 is 0 Å². The number of carbonyl (C=O) groups is 2. The van der Waals surface area contributed by atoms with Gasteiger partial charge < -0.3 is 19.1 Å². The maximum absolute atomic E-state index is 12.7. The van der Waals surface area contributed by atoms with Crippen molar-refractivity contribution in [1.29, 1.82) is 0 Å². The summed E-state index contributed by atoms with van der Waals surface area (Å²) >= 11 is 0. The Morgan fingerprint density at radius 1 is 1.23 bits per heavy atom. The molecule has 2 aromatic rings. The van der Waals surface area contributed by atoms with Gasteiger partial charge in [0.05, 0.1) is 36.4 Å².